The number of halogens is 1. The normalized spacial score (nSPS) is 19.8. The lowest BCUT2D eigenvalue weighted by Crippen LogP contribution is -2.31. The minimum Gasteiger partial charge on any atom is -0.467 e. The van der Waals surface area contributed by atoms with Crippen LogP contribution in [0.25, 0.3) is 0 Å². The lowest BCUT2D eigenvalue weighted by atomic mass is 10.0. The summed E-state index contributed by atoms with van der Waals surface area (Å²) in [6, 6.07) is 2.06. The molecule has 0 aliphatic carbocycles. The second kappa shape index (κ2) is 3.71. The number of nitrogens with one attached hydrogen (secondary N) is 1. The molecule has 0 saturated carbocycles. The molecule has 84 valence electrons. The van der Waals surface area contributed by atoms with Gasteiger partial charge in [0.15, 0.2) is 4.60 Å². The van der Waals surface area contributed by atoms with Crippen molar-refractivity contribution in [3.05, 3.63) is 34.0 Å². The molecule has 0 aromatic carbocycles. The minimum absolute atomic E-state index is 0.0353. The van der Waals surface area contributed by atoms with Crippen LogP contribution in [0.5, 0.6) is 0 Å². The lowest BCUT2D eigenvalue weighted by Gasteiger charge is -2.22. The summed E-state index contributed by atoms with van der Waals surface area (Å²) in [5.74, 6) is 0.970. The van der Waals surface area contributed by atoms with E-state index in [1.807, 2.05) is 13.1 Å². The fourth-order valence-corrected chi connectivity index (χ4v) is 2.67. The van der Waals surface area contributed by atoms with Gasteiger partial charge in [-0.05, 0) is 34.0 Å². The molecule has 1 N–H and O–H groups in total. The van der Waals surface area contributed by atoms with Crippen molar-refractivity contribution in [1.82, 2.24) is 20.3 Å². The van der Waals surface area contributed by atoms with Gasteiger partial charge in [0.1, 0.15) is 11.8 Å². The Morgan fingerprint density at radius 3 is 3.25 bits per heavy atom. The van der Waals surface area contributed by atoms with E-state index in [0.717, 1.165) is 29.0 Å². The van der Waals surface area contributed by atoms with Crippen molar-refractivity contribution in [3.63, 3.8) is 0 Å². The first-order valence-corrected chi connectivity index (χ1v) is 5.91. The number of hydrogen-bond acceptors (Lipinski definition) is 4. The third kappa shape index (κ3) is 1.41. The van der Waals surface area contributed by atoms with Gasteiger partial charge in [-0.2, -0.15) is 0 Å². The fraction of sp³-hybridized carbons (Fsp3) is 0.400. The largest absolute Gasteiger partial charge is 0.467 e. The van der Waals surface area contributed by atoms with Gasteiger partial charge in [-0.1, -0.05) is 5.21 Å². The minimum atomic E-state index is 0.0353. The van der Waals surface area contributed by atoms with E-state index in [2.05, 4.69) is 31.6 Å². The second-order valence-corrected chi connectivity index (χ2v) is 4.59. The summed E-state index contributed by atoms with van der Waals surface area (Å²) in [6.07, 6.45) is 2.74. The molecule has 5 nitrogen and oxygen atoms in total. The van der Waals surface area contributed by atoms with Crippen molar-refractivity contribution in [2.24, 2.45) is 7.05 Å². The average molecular weight is 283 g/mol. The van der Waals surface area contributed by atoms with Crippen molar-refractivity contribution >= 4 is 15.9 Å². The molecule has 0 saturated heterocycles. The highest BCUT2D eigenvalue weighted by Gasteiger charge is 2.29. The monoisotopic (exact) mass is 282 g/mol. The SMILES string of the molecule is Cn1nnc(Br)c1C1NCCc2ccoc21. The highest BCUT2D eigenvalue weighted by Crippen LogP contribution is 2.31. The van der Waals surface area contributed by atoms with Gasteiger partial charge in [0.05, 0.1) is 12.0 Å². The molecular formula is C10H11BrN4O. The zero-order valence-corrected chi connectivity index (χ0v) is 10.4. The molecule has 1 aliphatic rings. The van der Waals surface area contributed by atoms with Crippen LogP contribution >= 0.6 is 15.9 Å². The van der Waals surface area contributed by atoms with Crippen LogP contribution in [0.3, 0.4) is 0 Å². The molecule has 1 atom stereocenters. The standard InChI is InChI=1S/C10H11BrN4O/c1-15-8(10(11)13-14-15)7-9-6(2-4-12-7)3-5-16-9/h3,5,7,12H,2,4H2,1H3. The third-order valence-electron chi connectivity index (χ3n) is 2.89. The first kappa shape index (κ1) is 10.0. The summed E-state index contributed by atoms with van der Waals surface area (Å²) in [5.41, 5.74) is 2.26. The molecular weight excluding hydrogens is 272 g/mol. The van der Waals surface area contributed by atoms with E-state index in [4.69, 9.17) is 4.42 Å². The van der Waals surface area contributed by atoms with E-state index < -0.39 is 0 Å². The fourth-order valence-electron chi connectivity index (χ4n) is 2.12. The zero-order valence-electron chi connectivity index (χ0n) is 8.77. The Morgan fingerprint density at radius 1 is 1.62 bits per heavy atom. The molecule has 0 amide bonds. The van der Waals surface area contributed by atoms with E-state index in [-0.39, 0.29) is 6.04 Å². The zero-order chi connectivity index (χ0) is 11.1. The van der Waals surface area contributed by atoms with E-state index in [1.165, 1.54) is 5.56 Å². The van der Waals surface area contributed by atoms with Gasteiger partial charge in [0, 0.05) is 13.6 Å². The van der Waals surface area contributed by atoms with Crippen LogP contribution in [0.15, 0.2) is 21.3 Å². The summed E-state index contributed by atoms with van der Waals surface area (Å²) in [4.78, 5) is 0. The summed E-state index contributed by atoms with van der Waals surface area (Å²) < 4.78 is 8.07. The Bertz CT molecular complexity index is 499. The van der Waals surface area contributed by atoms with Crippen molar-refractivity contribution in [2.75, 3.05) is 6.54 Å². The van der Waals surface area contributed by atoms with Crippen LogP contribution in [0.2, 0.25) is 0 Å². The number of hydrogen-bond donors (Lipinski definition) is 1. The molecule has 0 spiro atoms. The summed E-state index contributed by atoms with van der Waals surface area (Å²) in [6.45, 7) is 0.939. The Morgan fingerprint density at radius 2 is 2.50 bits per heavy atom. The summed E-state index contributed by atoms with van der Waals surface area (Å²) in [7, 11) is 1.88. The van der Waals surface area contributed by atoms with Crippen LogP contribution in [0.1, 0.15) is 23.1 Å². The van der Waals surface area contributed by atoms with Crippen LogP contribution in [0.4, 0.5) is 0 Å². The summed E-state index contributed by atoms with van der Waals surface area (Å²) >= 11 is 3.42. The van der Waals surface area contributed by atoms with Gasteiger partial charge in [-0.3, -0.25) is 0 Å². The van der Waals surface area contributed by atoms with Crippen molar-refractivity contribution < 1.29 is 4.42 Å². The van der Waals surface area contributed by atoms with Gasteiger partial charge in [-0.25, -0.2) is 4.68 Å². The second-order valence-electron chi connectivity index (χ2n) is 3.84. The lowest BCUT2D eigenvalue weighted by molar-refractivity contribution is 0.411. The third-order valence-corrected chi connectivity index (χ3v) is 3.45. The Labute approximate surface area is 101 Å². The van der Waals surface area contributed by atoms with Gasteiger partial charge in [-0.15, -0.1) is 5.10 Å². The quantitative estimate of drug-likeness (QED) is 0.859. The first-order valence-electron chi connectivity index (χ1n) is 5.12. The molecule has 2 aromatic heterocycles. The molecule has 1 aliphatic heterocycles. The molecule has 0 bridgehead atoms. The molecule has 3 heterocycles. The van der Waals surface area contributed by atoms with Gasteiger partial charge < -0.3 is 9.73 Å². The average Bonchev–Trinajstić information content (AvgIpc) is 2.86. The molecule has 1 unspecified atom stereocenters. The maximum Gasteiger partial charge on any atom is 0.153 e. The van der Waals surface area contributed by atoms with Crippen LogP contribution in [-0.4, -0.2) is 21.5 Å². The van der Waals surface area contributed by atoms with E-state index in [1.54, 1.807) is 10.9 Å². The number of nitrogens with zero attached hydrogens (tertiary/aromatic N) is 3. The molecule has 0 radical (unpaired) electrons. The first-order chi connectivity index (χ1) is 7.77. The van der Waals surface area contributed by atoms with Gasteiger partial charge >= 0.3 is 0 Å². The van der Waals surface area contributed by atoms with Crippen LogP contribution < -0.4 is 5.32 Å². The molecule has 3 rings (SSSR count). The number of fused-ring (bicyclic) bond motifs is 1. The van der Waals surface area contributed by atoms with Crippen molar-refractivity contribution in [3.8, 4) is 0 Å². The van der Waals surface area contributed by atoms with Crippen molar-refractivity contribution in [2.45, 2.75) is 12.5 Å². The molecule has 6 heteroatoms. The van der Waals surface area contributed by atoms with Crippen molar-refractivity contribution in [1.29, 1.82) is 0 Å². The van der Waals surface area contributed by atoms with Crippen LogP contribution in [0, 0.1) is 0 Å². The Balaban J connectivity index is 2.10. The predicted molar refractivity (Wildman–Crippen MR) is 61.0 cm³/mol. The van der Waals surface area contributed by atoms with E-state index in [9.17, 15) is 0 Å². The molecule has 2 aromatic rings. The highest BCUT2D eigenvalue weighted by atomic mass is 79.9. The number of aromatic nitrogens is 3. The van der Waals surface area contributed by atoms with Crippen LogP contribution in [-0.2, 0) is 13.5 Å². The topological polar surface area (TPSA) is 55.9 Å². The maximum absolute atomic E-state index is 5.55. The number of aryl methyl sites for hydroxylation is 1. The highest BCUT2D eigenvalue weighted by molar-refractivity contribution is 9.10. The smallest absolute Gasteiger partial charge is 0.153 e. The predicted octanol–water partition coefficient (Wildman–Crippen LogP) is 1.41. The van der Waals surface area contributed by atoms with Gasteiger partial charge in [0.2, 0.25) is 0 Å². The molecule has 16 heavy (non-hydrogen) atoms. The number of furan rings is 1. The summed E-state index contributed by atoms with van der Waals surface area (Å²) in [5, 5.41) is 11.4. The Kier molecular flexibility index (Phi) is 2.33. The Hall–Kier alpha value is -1.14. The number of rotatable bonds is 1. The molecule has 0 fully saturated rings. The van der Waals surface area contributed by atoms with E-state index in [0.29, 0.717) is 0 Å². The van der Waals surface area contributed by atoms with E-state index >= 15 is 0 Å². The maximum atomic E-state index is 5.55. The van der Waals surface area contributed by atoms with Gasteiger partial charge in [0.25, 0.3) is 0 Å².